The topological polar surface area (TPSA) is 79.0 Å². The standard InChI is InChI=1S/C29H34F4N4O2/c1-5-39-23-13-21-20(35-26(36-21)37-25-17(3)7-6-16(2)24(25)30)12-19(23)22(38)14-34-27(4)15-28(27)10-8-18(9-11-28)29(31,32)33/h6-7,12-13,18,34H,5,8-11,14-15H2,1-4H3,(H2,35,36,37). The number of alkyl halides is 3. The zero-order valence-electron chi connectivity index (χ0n) is 22.6. The number of rotatable bonds is 8. The number of nitrogens with one attached hydrogen (secondary N) is 3. The summed E-state index contributed by atoms with van der Waals surface area (Å²) < 4.78 is 59.8. The summed E-state index contributed by atoms with van der Waals surface area (Å²) in [6.45, 7) is 7.71. The van der Waals surface area contributed by atoms with Gasteiger partial charge in [0.15, 0.2) is 5.78 Å². The fraction of sp³-hybridized carbons (Fsp3) is 0.517. The maximum absolute atomic E-state index is 14.7. The minimum atomic E-state index is -4.14. The molecule has 0 saturated heterocycles. The van der Waals surface area contributed by atoms with E-state index in [9.17, 15) is 22.4 Å². The molecule has 3 aromatic rings. The average Bonchev–Trinajstić information content (AvgIpc) is 3.23. The lowest BCUT2D eigenvalue weighted by atomic mass is 9.77. The summed E-state index contributed by atoms with van der Waals surface area (Å²) in [5, 5.41) is 6.37. The quantitative estimate of drug-likeness (QED) is 0.207. The maximum atomic E-state index is 14.7. The molecule has 2 aromatic carbocycles. The summed E-state index contributed by atoms with van der Waals surface area (Å²) in [7, 11) is 0. The van der Waals surface area contributed by atoms with E-state index < -0.39 is 12.1 Å². The predicted octanol–water partition coefficient (Wildman–Crippen LogP) is 7.13. The molecule has 0 aliphatic heterocycles. The number of aryl methyl sites for hydroxylation is 2. The van der Waals surface area contributed by atoms with Gasteiger partial charge in [0, 0.05) is 11.6 Å². The first-order valence-electron chi connectivity index (χ1n) is 13.4. The monoisotopic (exact) mass is 546 g/mol. The molecule has 5 rings (SSSR count). The van der Waals surface area contributed by atoms with E-state index in [0.29, 0.717) is 59.0 Å². The number of ketones is 1. The molecule has 0 bridgehead atoms. The fourth-order valence-electron chi connectivity index (χ4n) is 6.12. The molecule has 10 heteroatoms. The highest BCUT2D eigenvalue weighted by atomic mass is 19.4. The Hall–Kier alpha value is -3.14. The van der Waals surface area contributed by atoms with Gasteiger partial charge < -0.3 is 20.4 Å². The average molecular weight is 547 g/mol. The SMILES string of the molecule is CCOc1cc2nc(Nc3c(C)ccc(C)c3F)[nH]c2cc1C(=O)CNC1(C)CC12CCC(C(F)(F)F)CC2. The van der Waals surface area contributed by atoms with Crippen LogP contribution in [0.4, 0.5) is 29.2 Å². The Kier molecular flexibility index (Phi) is 6.89. The van der Waals surface area contributed by atoms with Gasteiger partial charge in [-0.2, -0.15) is 13.2 Å². The van der Waals surface area contributed by atoms with Crippen molar-refractivity contribution in [1.82, 2.24) is 15.3 Å². The molecule has 6 nitrogen and oxygen atoms in total. The molecule has 39 heavy (non-hydrogen) atoms. The number of imidazole rings is 1. The van der Waals surface area contributed by atoms with Crippen LogP contribution in [0.25, 0.3) is 11.0 Å². The summed E-state index contributed by atoms with van der Waals surface area (Å²) in [6, 6.07) is 6.91. The minimum Gasteiger partial charge on any atom is -0.493 e. The van der Waals surface area contributed by atoms with Crippen LogP contribution in [0, 0.1) is 31.0 Å². The van der Waals surface area contributed by atoms with E-state index in [4.69, 9.17) is 4.74 Å². The highest BCUT2D eigenvalue weighted by Crippen LogP contribution is 2.65. The zero-order valence-corrected chi connectivity index (χ0v) is 22.6. The van der Waals surface area contributed by atoms with E-state index in [1.807, 2.05) is 19.9 Å². The van der Waals surface area contributed by atoms with Gasteiger partial charge in [0.25, 0.3) is 0 Å². The summed E-state index contributed by atoms with van der Waals surface area (Å²) in [4.78, 5) is 21.0. The molecule has 0 radical (unpaired) electrons. The van der Waals surface area contributed by atoms with Gasteiger partial charge in [-0.1, -0.05) is 12.1 Å². The van der Waals surface area contributed by atoms with Crippen LogP contribution in [-0.4, -0.2) is 40.6 Å². The van der Waals surface area contributed by atoms with Gasteiger partial charge >= 0.3 is 6.18 Å². The first-order valence-corrected chi connectivity index (χ1v) is 13.4. The normalized spacial score (nSPS) is 24.8. The lowest BCUT2D eigenvalue weighted by Gasteiger charge is -2.33. The van der Waals surface area contributed by atoms with E-state index in [0.717, 1.165) is 12.0 Å². The third kappa shape index (κ3) is 5.11. The molecular weight excluding hydrogens is 512 g/mol. The van der Waals surface area contributed by atoms with Crippen molar-refractivity contribution in [3.05, 3.63) is 46.8 Å². The Morgan fingerprint density at radius 1 is 1.18 bits per heavy atom. The second-order valence-corrected chi connectivity index (χ2v) is 11.3. The molecule has 2 aliphatic rings. The van der Waals surface area contributed by atoms with Crippen molar-refractivity contribution < 1.29 is 27.1 Å². The highest BCUT2D eigenvalue weighted by molar-refractivity contribution is 6.03. The molecule has 1 unspecified atom stereocenters. The predicted molar refractivity (Wildman–Crippen MR) is 142 cm³/mol. The minimum absolute atomic E-state index is 0.0411. The number of aromatic nitrogens is 2. The van der Waals surface area contributed by atoms with Gasteiger partial charge in [0.05, 0.1) is 41.4 Å². The van der Waals surface area contributed by atoms with E-state index in [1.54, 1.807) is 32.0 Å². The lowest BCUT2D eigenvalue weighted by molar-refractivity contribution is -0.185. The van der Waals surface area contributed by atoms with Gasteiger partial charge in [-0.25, -0.2) is 9.37 Å². The Bertz CT molecular complexity index is 1410. The largest absolute Gasteiger partial charge is 0.493 e. The molecule has 2 aliphatic carbocycles. The summed E-state index contributed by atoms with van der Waals surface area (Å²) in [5.41, 5.74) is 2.55. The van der Waals surface area contributed by atoms with Gasteiger partial charge in [0.1, 0.15) is 11.6 Å². The second-order valence-electron chi connectivity index (χ2n) is 11.3. The van der Waals surface area contributed by atoms with Crippen LogP contribution in [0.5, 0.6) is 5.75 Å². The van der Waals surface area contributed by atoms with Crippen LogP contribution in [0.2, 0.25) is 0 Å². The number of carbonyl (C=O) groups is 1. The van der Waals surface area contributed by atoms with E-state index >= 15 is 0 Å². The van der Waals surface area contributed by atoms with Gasteiger partial charge in [0.2, 0.25) is 5.95 Å². The number of H-pyrrole nitrogens is 1. The Morgan fingerprint density at radius 2 is 1.87 bits per heavy atom. The zero-order chi connectivity index (χ0) is 28.2. The summed E-state index contributed by atoms with van der Waals surface area (Å²) >= 11 is 0. The molecule has 1 heterocycles. The third-order valence-electron chi connectivity index (χ3n) is 8.75. The van der Waals surface area contributed by atoms with E-state index in [-0.39, 0.29) is 41.9 Å². The number of halogens is 4. The molecule has 1 atom stereocenters. The molecule has 1 aromatic heterocycles. The van der Waals surface area contributed by atoms with Crippen molar-refractivity contribution in [2.75, 3.05) is 18.5 Å². The van der Waals surface area contributed by atoms with Crippen molar-refractivity contribution >= 4 is 28.5 Å². The number of hydrogen-bond acceptors (Lipinski definition) is 5. The van der Waals surface area contributed by atoms with Crippen molar-refractivity contribution in [3.63, 3.8) is 0 Å². The second kappa shape index (κ2) is 9.80. The third-order valence-corrected chi connectivity index (χ3v) is 8.75. The molecule has 2 saturated carbocycles. The van der Waals surface area contributed by atoms with Gasteiger partial charge in [-0.3, -0.25) is 4.79 Å². The number of benzene rings is 2. The molecule has 0 amide bonds. The van der Waals surface area contributed by atoms with Crippen LogP contribution in [0.15, 0.2) is 24.3 Å². The van der Waals surface area contributed by atoms with Crippen LogP contribution in [0.3, 0.4) is 0 Å². The molecule has 3 N–H and O–H groups in total. The Labute approximate surface area is 224 Å². The number of nitrogens with zero attached hydrogens (tertiary/aromatic N) is 1. The first-order chi connectivity index (χ1) is 18.4. The number of hydrogen-bond donors (Lipinski definition) is 3. The Balaban J connectivity index is 1.31. The van der Waals surface area contributed by atoms with Crippen LogP contribution in [0.1, 0.15) is 67.4 Å². The molecular formula is C29H34F4N4O2. The number of fused-ring (bicyclic) bond motifs is 1. The fourth-order valence-corrected chi connectivity index (χ4v) is 6.12. The van der Waals surface area contributed by atoms with Crippen molar-refractivity contribution in [2.24, 2.45) is 11.3 Å². The summed E-state index contributed by atoms with van der Waals surface area (Å²) in [6.07, 6.45) is -2.07. The van der Waals surface area contributed by atoms with Crippen molar-refractivity contribution in [3.8, 4) is 5.75 Å². The van der Waals surface area contributed by atoms with Crippen LogP contribution >= 0.6 is 0 Å². The van der Waals surface area contributed by atoms with Crippen LogP contribution < -0.4 is 15.4 Å². The van der Waals surface area contributed by atoms with Crippen LogP contribution in [-0.2, 0) is 0 Å². The number of aromatic amines is 1. The number of anilines is 2. The van der Waals surface area contributed by atoms with E-state index in [2.05, 4.69) is 20.6 Å². The number of Topliss-reactive ketones (excluding diaryl/α,β-unsaturated/α-hetero) is 1. The maximum Gasteiger partial charge on any atom is 0.391 e. The number of carbonyl (C=O) groups excluding carboxylic acids is 1. The number of ether oxygens (including phenoxy) is 1. The summed E-state index contributed by atoms with van der Waals surface area (Å²) in [5.74, 6) is -1.03. The molecule has 210 valence electrons. The van der Waals surface area contributed by atoms with Gasteiger partial charge in [-0.15, -0.1) is 0 Å². The smallest absolute Gasteiger partial charge is 0.391 e. The van der Waals surface area contributed by atoms with E-state index in [1.165, 1.54) is 0 Å². The molecule has 1 spiro atoms. The highest BCUT2D eigenvalue weighted by Gasteiger charge is 2.65. The lowest BCUT2D eigenvalue weighted by Crippen LogP contribution is -2.40. The van der Waals surface area contributed by atoms with Crippen molar-refractivity contribution in [1.29, 1.82) is 0 Å². The molecule has 2 fully saturated rings. The van der Waals surface area contributed by atoms with Gasteiger partial charge in [-0.05, 0) is 82.4 Å². The Morgan fingerprint density at radius 3 is 2.54 bits per heavy atom. The first kappa shape index (κ1) is 27.4. The van der Waals surface area contributed by atoms with Crippen molar-refractivity contribution in [2.45, 2.75) is 71.5 Å².